The summed E-state index contributed by atoms with van der Waals surface area (Å²) in [6.45, 7) is 0. The first-order valence-electron chi connectivity index (χ1n) is 16.3. The topological polar surface area (TPSA) is 116 Å². The number of allylic oxidation sites excluding steroid dienone is 2. The smallest absolute Gasteiger partial charge is 0.260 e. The van der Waals surface area contributed by atoms with Gasteiger partial charge in [0, 0.05) is 10.9 Å². The largest absolute Gasteiger partial charge is 0.504 e. The highest BCUT2D eigenvalue weighted by Crippen LogP contribution is 2.64. The number of methoxy groups -OCH3 is 1. The highest BCUT2D eigenvalue weighted by molar-refractivity contribution is 6.30. The molecule has 0 radical (unpaired) electrons. The Morgan fingerprint density at radius 1 is 0.880 bits per heavy atom. The Bertz CT molecular complexity index is 2090. The number of carbonyl (C=O) groups excluding carboxylic acids is 4. The van der Waals surface area contributed by atoms with Gasteiger partial charge in [-0.1, -0.05) is 59.6 Å². The Hall–Kier alpha value is -5.48. The lowest BCUT2D eigenvalue weighted by Gasteiger charge is -2.50. The van der Waals surface area contributed by atoms with Gasteiger partial charge in [-0.05, 0) is 90.6 Å². The van der Waals surface area contributed by atoms with Crippen LogP contribution in [0.3, 0.4) is 0 Å². The van der Waals surface area contributed by atoms with Gasteiger partial charge in [-0.25, -0.2) is 4.39 Å². The van der Waals surface area contributed by atoms with Gasteiger partial charge in [-0.2, -0.15) is 5.01 Å². The second kappa shape index (κ2) is 11.8. The van der Waals surface area contributed by atoms with Gasteiger partial charge in [0.25, 0.3) is 11.8 Å². The molecule has 3 fully saturated rings. The van der Waals surface area contributed by atoms with E-state index >= 15 is 4.79 Å². The molecule has 0 unspecified atom stereocenters. The monoisotopic (exact) mass is 691 g/mol. The van der Waals surface area contributed by atoms with Crippen LogP contribution in [0.15, 0.2) is 109 Å². The third-order valence-corrected chi connectivity index (χ3v) is 11.1. The number of phenols is 1. The molecule has 4 aromatic rings. The normalized spacial score (nSPS) is 27.1. The number of anilines is 2. The van der Waals surface area contributed by atoms with Crippen LogP contribution in [0.5, 0.6) is 11.5 Å². The number of nitrogens with one attached hydrogen (secondary N) is 1. The number of hydrogen-bond donors (Lipinski definition) is 2. The van der Waals surface area contributed by atoms with E-state index in [1.54, 1.807) is 60.7 Å². The summed E-state index contributed by atoms with van der Waals surface area (Å²) < 4.78 is 19.3. The van der Waals surface area contributed by atoms with E-state index < -0.39 is 52.6 Å². The number of rotatable bonds is 6. The van der Waals surface area contributed by atoms with E-state index in [0.717, 1.165) is 10.6 Å². The summed E-state index contributed by atoms with van der Waals surface area (Å²) in [5.74, 6) is -5.94. The number of para-hydroxylation sites is 1. The van der Waals surface area contributed by atoms with E-state index in [9.17, 15) is 23.9 Å². The van der Waals surface area contributed by atoms with E-state index in [2.05, 4.69) is 5.43 Å². The number of halogens is 2. The molecule has 1 saturated carbocycles. The zero-order chi connectivity index (χ0) is 34.9. The Morgan fingerprint density at radius 2 is 1.60 bits per heavy atom. The third-order valence-electron chi connectivity index (χ3n) is 10.8. The van der Waals surface area contributed by atoms with Crippen LogP contribution in [0.4, 0.5) is 15.8 Å². The maximum Gasteiger partial charge on any atom is 0.260 e. The molecular weight excluding hydrogens is 661 g/mol. The van der Waals surface area contributed by atoms with Crippen LogP contribution >= 0.6 is 11.6 Å². The van der Waals surface area contributed by atoms with Gasteiger partial charge in [0.2, 0.25) is 11.8 Å². The predicted molar refractivity (Wildman–Crippen MR) is 183 cm³/mol. The van der Waals surface area contributed by atoms with Crippen LogP contribution in [-0.2, 0) is 24.6 Å². The number of hydrazine groups is 1. The van der Waals surface area contributed by atoms with Crippen LogP contribution in [0.1, 0.15) is 29.9 Å². The SMILES string of the molecule is COc1cc([C@H]2C3=CC[C@@H]4C(=O)N(c5ccccc5)C(=O)[C@@H]4[C@@H]3C[C@H]3C(=O)N(Nc4ccc(F)cc4)C(=O)[C@@]23c2ccc(Cl)cc2)ccc1O. The van der Waals surface area contributed by atoms with Crippen LogP contribution in [0, 0.1) is 29.5 Å². The number of carbonyl (C=O) groups is 4. The maximum atomic E-state index is 15.2. The summed E-state index contributed by atoms with van der Waals surface area (Å²) in [5.41, 5.74) is 4.06. The molecule has 50 heavy (non-hydrogen) atoms. The van der Waals surface area contributed by atoms with Gasteiger partial charge in [0.05, 0.1) is 41.7 Å². The van der Waals surface area contributed by atoms with E-state index in [1.165, 1.54) is 42.3 Å². The summed E-state index contributed by atoms with van der Waals surface area (Å²) in [6.07, 6.45) is 2.32. The zero-order valence-electron chi connectivity index (χ0n) is 26.8. The van der Waals surface area contributed by atoms with Gasteiger partial charge >= 0.3 is 0 Å². The number of nitrogens with zero attached hydrogens (tertiary/aromatic N) is 2. The third kappa shape index (κ3) is 4.58. The molecule has 0 aromatic heterocycles. The minimum Gasteiger partial charge on any atom is -0.504 e. The summed E-state index contributed by atoms with van der Waals surface area (Å²) in [7, 11) is 1.42. The van der Waals surface area contributed by atoms with Gasteiger partial charge in [0.15, 0.2) is 11.5 Å². The summed E-state index contributed by atoms with van der Waals surface area (Å²) in [4.78, 5) is 59.4. The molecule has 2 aliphatic carbocycles. The van der Waals surface area contributed by atoms with E-state index in [0.29, 0.717) is 27.5 Å². The molecule has 0 bridgehead atoms. The molecule has 11 heteroatoms. The van der Waals surface area contributed by atoms with Crippen LogP contribution < -0.4 is 15.1 Å². The molecular formula is C39H31ClFN3O6. The van der Waals surface area contributed by atoms with Gasteiger partial charge in [-0.3, -0.25) is 29.5 Å². The Morgan fingerprint density at radius 3 is 2.30 bits per heavy atom. The molecule has 6 atom stereocenters. The minimum atomic E-state index is -1.55. The number of benzene rings is 4. The quantitative estimate of drug-likeness (QED) is 0.178. The number of ether oxygens (including phenoxy) is 1. The lowest BCUT2D eigenvalue weighted by atomic mass is 9.49. The molecule has 2 aliphatic heterocycles. The summed E-state index contributed by atoms with van der Waals surface area (Å²) in [5, 5.41) is 12.0. The van der Waals surface area contributed by atoms with E-state index in [4.69, 9.17) is 16.3 Å². The molecule has 2 heterocycles. The Labute approximate surface area is 291 Å². The van der Waals surface area contributed by atoms with Crippen molar-refractivity contribution in [3.63, 3.8) is 0 Å². The van der Waals surface area contributed by atoms with Crippen LogP contribution in [0.2, 0.25) is 5.02 Å². The predicted octanol–water partition coefficient (Wildman–Crippen LogP) is 6.38. The van der Waals surface area contributed by atoms with E-state index in [1.807, 2.05) is 12.1 Å². The fourth-order valence-electron chi connectivity index (χ4n) is 8.74. The number of phenolic OH excluding ortho intramolecular Hbond substituents is 1. The average Bonchev–Trinajstić information content (AvgIpc) is 3.51. The second-order valence-corrected chi connectivity index (χ2v) is 13.6. The molecule has 2 N–H and O–H groups in total. The minimum absolute atomic E-state index is 0.106. The molecule has 8 rings (SSSR count). The van der Waals surface area contributed by atoms with Crippen molar-refractivity contribution in [1.82, 2.24) is 5.01 Å². The molecule has 9 nitrogen and oxygen atoms in total. The molecule has 0 spiro atoms. The van der Waals surface area contributed by atoms with Crippen LogP contribution in [0.25, 0.3) is 0 Å². The Balaban J connectivity index is 1.34. The van der Waals surface area contributed by atoms with Crippen molar-refractivity contribution in [2.75, 3.05) is 17.4 Å². The summed E-state index contributed by atoms with van der Waals surface area (Å²) in [6, 6.07) is 25.7. The number of amides is 4. The van der Waals surface area contributed by atoms with Crippen LogP contribution in [-0.4, -0.2) is 40.9 Å². The second-order valence-electron chi connectivity index (χ2n) is 13.2. The van der Waals surface area contributed by atoms with Gasteiger partial charge < -0.3 is 9.84 Å². The molecule has 2 saturated heterocycles. The lowest BCUT2D eigenvalue weighted by Crippen LogP contribution is -2.53. The summed E-state index contributed by atoms with van der Waals surface area (Å²) >= 11 is 6.35. The maximum absolute atomic E-state index is 15.2. The molecule has 4 aliphatic rings. The van der Waals surface area contributed by atoms with Crippen molar-refractivity contribution in [3.05, 3.63) is 131 Å². The number of hydrogen-bond acceptors (Lipinski definition) is 7. The van der Waals surface area contributed by atoms with Crippen molar-refractivity contribution in [3.8, 4) is 11.5 Å². The van der Waals surface area contributed by atoms with Crippen molar-refractivity contribution in [1.29, 1.82) is 0 Å². The zero-order valence-corrected chi connectivity index (χ0v) is 27.5. The Kier molecular flexibility index (Phi) is 7.52. The van der Waals surface area contributed by atoms with E-state index in [-0.39, 0.29) is 36.2 Å². The first-order chi connectivity index (χ1) is 24.1. The highest BCUT2D eigenvalue weighted by Gasteiger charge is 2.70. The number of imide groups is 2. The highest BCUT2D eigenvalue weighted by atomic mass is 35.5. The van der Waals surface area contributed by atoms with Crippen molar-refractivity contribution in [2.45, 2.75) is 24.2 Å². The van der Waals surface area contributed by atoms with Crippen molar-refractivity contribution in [2.24, 2.45) is 23.7 Å². The number of fused-ring (bicyclic) bond motifs is 4. The fourth-order valence-corrected chi connectivity index (χ4v) is 8.86. The van der Waals surface area contributed by atoms with Gasteiger partial charge in [0.1, 0.15) is 5.82 Å². The standard InChI is InChI=1S/C39H31ClFN3O6/c1-50-32-19-21(7-18-31(32)45)34-27-16-17-28-33(37(48)43(35(28)46)26-5-3-2-4-6-26)29(27)20-30-36(47)44(42-25-14-12-24(41)13-15-25)38(49)39(30,34)22-8-10-23(40)11-9-22/h2-16,18-19,28-30,33-34,42,45H,17,20H2,1H3/t28-,29+,30-,33-,34-,39+/m0/s1. The molecule has 4 amide bonds. The van der Waals surface area contributed by atoms with Gasteiger partial charge in [-0.15, -0.1) is 0 Å². The average molecular weight is 692 g/mol. The van der Waals surface area contributed by atoms with Crippen molar-refractivity contribution < 1.29 is 33.4 Å². The first kappa shape index (κ1) is 31.8. The lowest BCUT2D eigenvalue weighted by molar-refractivity contribution is -0.138. The molecule has 4 aromatic carbocycles. The molecule has 252 valence electrons. The van der Waals surface area contributed by atoms with Crippen molar-refractivity contribution >= 4 is 46.6 Å². The fraction of sp³-hybridized carbons (Fsp3) is 0.231. The number of aromatic hydroxyl groups is 1. The first-order valence-corrected chi connectivity index (χ1v) is 16.7.